The van der Waals surface area contributed by atoms with E-state index < -0.39 is 0 Å². The van der Waals surface area contributed by atoms with Gasteiger partial charge in [-0.2, -0.15) is 5.26 Å². The normalized spacial score (nSPS) is 21.1. The van der Waals surface area contributed by atoms with Crippen molar-refractivity contribution >= 4 is 23.2 Å². The molecular formula is C20H27Cl2N. The summed E-state index contributed by atoms with van der Waals surface area (Å²) in [5.74, 6) is 1.45. The third-order valence-electron chi connectivity index (χ3n) is 5.21. The van der Waals surface area contributed by atoms with E-state index in [-0.39, 0.29) is 0 Å². The maximum Gasteiger partial charge on any atom is 0.102 e. The van der Waals surface area contributed by atoms with Crippen LogP contribution in [0.5, 0.6) is 0 Å². The van der Waals surface area contributed by atoms with Crippen LogP contribution in [-0.4, -0.2) is 0 Å². The Labute approximate surface area is 151 Å². The Morgan fingerprint density at radius 3 is 2.17 bits per heavy atom. The molecule has 0 heterocycles. The summed E-state index contributed by atoms with van der Waals surface area (Å²) in [6, 6.07) is 5.97. The van der Waals surface area contributed by atoms with Gasteiger partial charge < -0.3 is 0 Å². The molecule has 0 bridgehead atoms. The maximum absolute atomic E-state index is 9.05. The third-order valence-corrected chi connectivity index (χ3v) is 5.81. The lowest BCUT2D eigenvalue weighted by Crippen LogP contribution is -2.13. The van der Waals surface area contributed by atoms with Crippen molar-refractivity contribution in [1.29, 1.82) is 5.26 Å². The molecule has 1 fully saturated rings. The summed E-state index contributed by atoms with van der Waals surface area (Å²) >= 11 is 12.4. The Kier molecular flexibility index (Phi) is 7.74. The first kappa shape index (κ1) is 18.6. The second-order valence-corrected chi connectivity index (χ2v) is 7.71. The Balaban J connectivity index is 1.82. The van der Waals surface area contributed by atoms with Gasteiger partial charge in [-0.25, -0.2) is 0 Å². The van der Waals surface area contributed by atoms with Gasteiger partial charge in [0.25, 0.3) is 0 Å². The molecule has 23 heavy (non-hydrogen) atoms. The van der Waals surface area contributed by atoms with Gasteiger partial charge in [-0.1, -0.05) is 68.7 Å². The van der Waals surface area contributed by atoms with E-state index >= 15 is 0 Å². The number of nitriles is 1. The zero-order valence-electron chi connectivity index (χ0n) is 14.1. The van der Waals surface area contributed by atoms with E-state index in [1.807, 2.05) is 12.1 Å². The highest BCUT2D eigenvalue weighted by atomic mass is 35.5. The van der Waals surface area contributed by atoms with Gasteiger partial charge in [-0.05, 0) is 55.2 Å². The minimum atomic E-state index is 0.401. The van der Waals surface area contributed by atoms with Crippen LogP contribution in [0, 0.1) is 17.2 Å². The van der Waals surface area contributed by atoms with Crippen molar-refractivity contribution in [3.8, 4) is 6.07 Å². The zero-order valence-corrected chi connectivity index (χ0v) is 15.6. The molecule has 0 saturated heterocycles. The first-order valence-corrected chi connectivity index (χ1v) is 9.80. The molecule has 0 spiro atoms. The number of halogens is 2. The highest BCUT2D eigenvalue weighted by molar-refractivity contribution is 6.36. The van der Waals surface area contributed by atoms with Crippen molar-refractivity contribution in [3.05, 3.63) is 33.3 Å². The van der Waals surface area contributed by atoms with Gasteiger partial charge in [0.2, 0.25) is 0 Å². The summed E-state index contributed by atoms with van der Waals surface area (Å²) in [7, 11) is 0. The van der Waals surface area contributed by atoms with Crippen molar-refractivity contribution in [3.63, 3.8) is 0 Å². The largest absolute Gasteiger partial charge is 0.192 e. The molecule has 0 atom stereocenters. The molecule has 3 heteroatoms. The summed E-state index contributed by atoms with van der Waals surface area (Å²) < 4.78 is 0. The lowest BCUT2D eigenvalue weighted by molar-refractivity contribution is 0.302. The Morgan fingerprint density at radius 1 is 1.00 bits per heavy atom. The molecule has 0 amide bonds. The van der Waals surface area contributed by atoms with E-state index in [0.29, 0.717) is 21.5 Å². The van der Waals surface area contributed by atoms with Crippen LogP contribution in [0.1, 0.15) is 88.2 Å². The Bertz CT molecular complexity index is 516. The lowest BCUT2D eigenvalue weighted by Gasteiger charge is -2.29. The number of nitrogens with zero attached hydrogens (tertiary/aromatic N) is 1. The van der Waals surface area contributed by atoms with E-state index in [4.69, 9.17) is 28.5 Å². The van der Waals surface area contributed by atoms with Gasteiger partial charge in [0.1, 0.15) is 6.07 Å². The molecular weight excluding hydrogens is 325 g/mol. The van der Waals surface area contributed by atoms with E-state index in [1.54, 1.807) is 0 Å². The molecule has 0 aromatic heterocycles. The molecule has 2 rings (SSSR count). The van der Waals surface area contributed by atoms with E-state index in [0.717, 1.165) is 5.92 Å². The minimum absolute atomic E-state index is 0.401. The van der Waals surface area contributed by atoms with E-state index in [1.165, 1.54) is 69.8 Å². The number of unbranched alkanes of at least 4 members (excludes halogenated alkanes) is 4. The number of rotatable bonds is 7. The zero-order chi connectivity index (χ0) is 16.7. The van der Waals surface area contributed by atoms with Gasteiger partial charge in [-0.15, -0.1) is 0 Å². The molecule has 0 aliphatic heterocycles. The van der Waals surface area contributed by atoms with Crippen LogP contribution in [0.3, 0.4) is 0 Å². The van der Waals surface area contributed by atoms with Crippen LogP contribution >= 0.6 is 23.2 Å². The maximum atomic E-state index is 9.05. The lowest BCUT2D eigenvalue weighted by atomic mass is 9.77. The van der Waals surface area contributed by atoms with E-state index in [2.05, 4.69) is 13.0 Å². The predicted octanol–water partition coefficient (Wildman–Crippen LogP) is 7.50. The summed E-state index contributed by atoms with van der Waals surface area (Å²) in [6.45, 7) is 2.27. The first-order valence-electron chi connectivity index (χ1n) is 9.04. The third kappa shape index (κ3) is 5.40. The molecule has 0 radical (unpaired) electrons. The van der Waals surface area contributed by atoms with E-state index in [9.17, 15) is 0 Å². The standard InChI is InChI=1S/C20H27Cl2N/c1-2-3-4-5-6-7-15-8-10-16(11-9-15)17-12-19(21)18(14-23)20(22)13-17/h12-13,15-16H,2-11H2,1H3. The molecule has 1 nitrogen and oxygen atoms in total. The highest BCUT2D eigenvalue weighted by Crippen LogP contribution is 2.40. The van der Waals surface area contributed by atoms with Crippen molar-refractivity contribution in [2.45, 2.75) is 77.0 Å². The van der Waals surface area contributed by atoms with Gasteiger partial charge in [0, 0.05) is 0 Å². The topological polar surface area (TPSA) is 23.8 Å². The SMILES string of the molecule is CCCCCCCC1CCC(c2cc(Cl)c(C#N)c(Cl)c2)CC1. The highest BCUT2D eigenvalue weighted by Gasteiger charge is 2.23. The van der Waals surface area contributed by atoms with Crippen molar-refractivity contribution in [1.82, 2.24) is 0 Å². The van der Waals surface area contributed by atoms with Crippen LogP contribution in [0.4, 0.5) is 0 Å². The molecule has 0 unspecified atom stereocenters. The molecule has 126 valence electrons. The average molecular weight is 352 g/mol. The molecule has 1 saturated carbocycles. The average Bonchev–Trinajstić information content (AvgIpc) is 2.55. The van der Waals surface area contributed by atoms with Crippen LogP contribution in [-0.2, 0) is 0 Å². The predicted molar refractivity (Wildman–Crippen MR) is 99.3 cm³/mol. The van der Waals surface area contributed by atoms with Crippen LogP contribution < -0.4 is 0 Å². The summed E-state index contributed by atoms with van der Waals surface area (Å²) in [5.41, 5.74) is 1.61. The summed E-state index contributed by atoms with van der Waals surface area (Å²) in [6.07, 6.45) is 13.4. The quantitative estimate of drug-likeness (QED) is 0.466. The van der Waals surface area contributed by atoms with Gasteiger partial charge in [-0.3, -0.25) is 0 Å². The molecule has 1 aromatic rings. The van der Waals surface area contributed by atoms with Crippen LogP contribution in [0.15, 0.2) is 12.1 Å². The Morgan fingerprint density at radius 2 is 1.61 bits per heavy atom. The summed E-state index contributed by atoms with van der Waals surface area (Å²) in [5, 5.41) is 10.0. The molecule has 1 aliphatic carbocycles. The first-order chi connectivity index (χ1) is 11.2. The number of hydrogen-bond acceptors (Lipinski definition) is 1. The van der Waals surface area contributed by atoms with Gasteiger partial charge in [0.15, 0.2) is 0 Å². The smallest absolute Gasteiger partial charge is 0.102 e. The molecule has 1 aliphatic rings. The summed E-state index contributed by atoms with van der Waals surface area (Å²) in [4.78, 5) is 0. The minimum Gasteiger partial charge on any atom is -0.192 e. The monoisotopic (exact) mass is 351 g/mol. The second kappa shape index (κ2) is 9.55. The molecule has 0 N–H and O–H groups in total. The molecule has 1 aromatic carbocycles. The van der Waals surface area contributed by atoms with Crippen LogP contribution in [0.2, 0.25) is 10.0 Å². The number of benzene rings is 1. The van der Waals surface area contributed by atoms with Gasteiger partial charge >= 0.3 is 0 Å². The fraction of sp³-hybridized carbons (Fsp3) is 0.650. The Hall–Kier alpha value is -0.710. The van der Waals surface area contributed by atoms with Crippen LogP contribution in [0.25, 0.3) is 0 Å². The van der Waals surface area contributed by atoms with Crippen molar-refractivity contribution in [2.75, 3.05) is 0 Å². The fourth-order valence-corrected chi connectivity index (χ4v) is 4.34. The fourth-order valence-electron chi connectivity index (χ4n) is 3.76. The van der Waals surface area contributed by atoms with Crippen molar-refractivity contribution in [2.24, 2.45) is 5.92 Å². The van der Waals surface area contributed by atoms with Gasteiger partial charge in [0.05, 0.1) is 15.6 Å². The second-order valence-electron chi connectivity index (χ2n) is 6.89. The van der Waals surface area contributed by atoms with Crippen molar-refractivity contribution < 1.29 is 0 Å². The number of hydrogen-bond donors (Lipinski definition) is 0.